The van der Waals surface area contributed by atoms with E-state index in [-0.39, 0.29) is 12.2 Å². The number of hydrogen-bond donors (Lipinski definition) is 3. The number of rotatable bonds is 8. The molecule has 0 aliphatic carbocycles. The van der Waals surface area contributed by atoms with Gasteiger partial charge in [-0.2, -0.15) is 0 Å². The molecule has 3 aromatic rings. The second-order valence-electron chi connectivity index (χ2n) is 11.5. The van der Waals surface area contributed by atoms with Crippen LogP contribution in [0.1, 0.15) is 105 Å². The molecule has 5 rings (SSSR count). The van der Waals surface area contributed by atoms with Crippen LogP contribution < -0.4 is 0 Å². The van der Waals surface area contributed by atoms with Gasteiger partial charge in [-0.05, 0) is 129 Å². The lowest BCUT2D eigenvalue weighted by Gasteiger charge is -2.05. The van der Waals surface area contributed by atoms with Gasteiger partial charge in [0.2, 0.25) is 0 Å². The van der Waals surface area contributed by atoms with E-state index in [9.17, 15) is 14.7 Å². The Morgan fingerprint density at radius 2 is 1.12 bits per heavy atom. The van der Waals surface area contributed by atoms with Crippen molar-refractivity contribution < 1.29 is 14.7 Å². The number of carboxylic acids is 1. The number of ketones is 1. The van der Waals surface area contributed by atoms with Gasteiger partial charge in [0.1, 0.15) is 5.78 Å². The van der Waals surface area contributed by atoms with Crippen LogP contribution in [-0.2, 0) is 22.4 Å². The van der Waals surface area contributed by atoms with Gasteiger partial charge < -0.3 is 19.9 Å². The van der Waals surface area contributed by atoms with Gasteiger partial charge in [-0.15, -0.1) is 0 Å². The highest BCUT2D eigenvalue weighted by molar-refractivity contribution is 5.96. The summed E-state index contributed by atoms with van der Waals surface area (Å²) < 4.78 is 0. The Kier molecular flexibility index (Phi) is 8.04. The third kappa shape index (κ3) is 5.36. The van der Waals surface area contributed by atoms with Crippen LogP contribution in [0, 0.1) is 13.8 Å². The van der Waals surface area contributed by atoms with Gasteiger partial charge in [0.15, 0.2) is 0 Å². The molecule has 0 spiro atoms. The van der Waals surface area contributed by atoms with Crippen molar-refractivity contribution in [2.24, 2.45) is 0 Å². The number of carbonyl (C=O) groups is 2. The van der Waals surface area contributed by atoms with E-state index in [1.54, 1.807) is 6.92 Å². The Bertz CT molecular complexity index is 1850. The number of nitrogens with zero attached hydrogens (tertiary/aromatic N) is 2. The molecule has 0 radical (unpaired) electrons. The molecule has 2 aliphatic heterocycles. The first-order valence-electron chi connectivity index (χ1n) is 14.9. The van der Waals surface area contributed by atoms with E-state index in [4.69, 9.17) is 9.97 Å². The fourth-order valence-corrected chi connectivity index (χ4v) is 6.29. The summed E-state index contributed by atoms with van der Waals surface area (Å²) in [6.45, 7) is 14.4. The molecule has 2 aliphatic rings. The number of fused-ring (bicyclic) bond motifs is 8. The summed E-state index contributed by atoms with van der Waals surface area (Å²) in [6, 6.07) is 8.40. The molecule has 0 saturated heterocycles. The van der Waals surface area contributed by atoms with Gasteiger partial charge in [0.25, 0.3) is 0 Å². The molecule has 7 nitrogen and oxygen atoms in total. The van der Waals surface area contributed by atoms with Gasteiger partial charge in [-0.1, -0.05) is 13.8 Å². The number of nitrogens with one attached hydrogen (secondary N) is 2. The van der Waals surface area contributed by atoms with Crippen molar-refractivity contribution in [1.29, 1.82) is 0 Å². The van der Waals surface area contributed by atoms with Gasteiger partial charge >= 0.3 is 5.97 Å². The number of aliphatic carboxylic acids is 1. The summed E-state index contributed by atoms with van der Waals surface area (Å²) in [5, 5.41) is 9.49. The number of hydrogen-bond acceptors (Lipinski definition) is 4. The Hall–Kier alpha value is -4.26. The highest BCUT2D eigenvalue weighted by atomic mass is 16.4. The van der Waals surface area contributed by atoms with E-state index in [0.717, 1.165) is 80.0 Å². The second kappa shape index (κ2) is 11.6. The smallest absolute Gasteiger partial charge is 0.303 e. The molecular formula is C35H40N4O3. The lowest BCUT2D eigenvalue weighted by molar-refractivity contribution is -0.136. The lowest BCUT2D eigenvalue weighted by Crippen LogP contribution is -1.96. The molecule has 0 amide bonds. The molecule has 5 heterocycles. The van der Waals surface area contributed by atoms with E-state index >= 15 is 0 Å². The summed E-state index contributed by atoms with van der Waals surface area (Å²) in [4.78, 5) is 41.0. The highest BCUT2D eigenvalue weighted by Gasteiger charge is 2.22. The quantitative estimate of drug-likeness (QED) is 0.256. The van der Waals surface area contributed by atoms with Gasteiger partial charge in [0.05, 0.1) is 22.8 Å². The molecule has 0 saturated carbocycles. The molecule has 0 atom stereocenters. The zero-order chi connectivity index (χ0) is 30.3. The average Bonchev–Trinajstić information content (AvgIpc) is 3.59. The SMILES string of the molecule is CCc1c(C)c2cc3[nH]c(cc4nc(cc5nc(cc1[nH]2)C(C)=C5CCC(=O)O)C(CCC(C)=O)=C4C)c(C)c3CC. The minimum Gasteiger partial charge on any atom is -0.481 e. The molecule has 0 aromatic carbocycles. The maximum Gasteiger partial charge on any atom is 0.303 e. The fourth-order valence-electron chi connectivity index (χ4n) is 6.29. The maximum atomic E-state index is 12.0. The molecule has 0 unspecified atom stereocenters. The minimum atomic E-state index is -0.841. The molecule has 3 N–H and O–H groups in total. The highest BCUT2D eigenvalue weighted by Crippen LogP contribution is 2.38. The van der Waals surface area contributed by atoms with Crippen LogP contribution in [0.15, 0.2) is 24.3 Å². The molecule has 3 aromatic heterocycles. The van der Waals surface area contributed by atoms with E-state index in [1.807, 2.05) is 13.0 Å². The lowest BCUT2D eigenvalue weighted by atomic mass is 9.97. The van der Waals surface area contributed by atoms with E-state index in [1.165, 1.54) is 22.3 Å². The summed E-state index contributed by atoms with van der Waals surface area (Å²) in [5.41, 5.74) is 16.3. The number of Topliss-reactive ketones (excluding diaryl/α,β-unsaturated/α-hetero) is 1. The maximum absolute atomic E-state index is 12.0. The number of H-pyrrole nitrogens is 2. The first kappa shape index (κ1) is 29.2. The largest absolute Gasteiger partial charge is 0.481 e. The Balaban J connectivity index is 1.92. The van der Waals surface area contributed by atoms with Crippen molar-refractivity contribution in [2.45, 2.75) is 87.0 Å². The van der Waals surface area contributed by atoms with Gasteiger partial charge in [-0.3, -0.25) is 4.79 Å². The number of carbonyl (C=O) groups excluding carboxylic acids is 1. The molecule has 8 bridgehead atoms. The number of aromatic amines is 2. The van der Waals surface area contributed by atoms with Crippen LogP contribution in [0.2, 0.25) is 0 Å². The predicted octanol–water partition coefficient (Wildman–Crippen LogP) is 8.15. The van der Waals surface area contributed by atoms with Crippen LogP contribution in [0.3, 0.4) is 0 Å². The summed E-state index contributed by atoms with van der Waals surface area (Å²) in [5.74, 6) is -0.709. The van der Waals surface area contributed by atoms with Gasteiger partial charge in [0, 0.05) is 34.9 Å². The predicted molar refractivity (Wildman–Crippen MR) is 171 cm³/mol. The van der Waals surface area contributed by atoms with Crippen molar-refractivity contribution in [2.75, 3.05) is 0 Å². The summed E-state index contributed by atoms with van der Waals surface area (Å²) in [7, 11) is 0. The summed E-state index contributed by atoms with van der Waals surface area (Å²) >= 11 is 0. The number of carboxylic acid groups (broad SMARTS) is 1. The van der Waals surface area contributed by atoms with Crippen LogP contribution in [0.5, 0.6) is 0 Å². The zero-order valence-electron chi connectivity index (χ0n) is 25.7. The number of aromatic nitrogens is 4. The average molecular weight is 565 g/mol. The molecular weight excluding hydrogens is 524 g/mol. The Morgan fingerprint density at radius 1 is 0.667 bits per heavy atom. The van der Waals surface area contributed by atoms with Crippen LogP contribution in [-0.4, -0.2) is 36.8 Å². The molecule has 42 heavy (non-hydrogen) atoms. The Morgan fingerprint density at radius 3 is 1.60 bits per heavy atom. The number of aryl methyl sites for hydroxylation is 4. The molecule has 7 heteroatoms. The first-order valence-corrected chi connectivity index (χ1v) is 14.9. The summed E-state index contributed by atoms with van der Waals surface area (Å²) in [6.07, 6.45) is 3.18. The fraction of sp³-hybridized carbons (Fsp3) is 0.371. The minimum absolute atomic E-state index is 0.0193. The van der Waals surface area contributed by atoms with Crippen LogP contribution >= 0.6 is 0 Å². The molecule has 0 fully saturated rings. The monoisotopic (exact) mass is 564 g/mol. The van der Waals surface area contributed by atoms with Gasteiger partial charge in [-0.25, -0.2) is 9.97 Å². The van der Waals surface area contributed by atoms with E-state index < -0.39 is 5.97 Å². The first-order chi connectivity index (χ1) is 20.0. The normalized spacial score (nSPS) is 13.3. The zero-order valence-corrected chi connectivity index (χ0v) is 25.7. The van der Waals surface area contributed by atoms with Crippen molar-refractivity contribution in [3.63, 3.8) is 0 Å². The van der Waals surface area contributed by atoms with E-state index in [2.05, 4.69) is 62.8 Å². The second-order valence-corrected chi connectivity index (χ2v) is 11.5. The van der Waals surface area contributed by atoms with Crippen LogP contribution in [0.4, 0.5) is 0 Å². The van der Waals surface area contributed by atoms with E-state index in [0.29, 0.717) is 19.3 Å². The van der Waals surface area contributed by atoms with Crippen molar-refractivity contribution in [1.82, 2.24) is 19.9 Å². The van der Waals surface area contributed by atoms with Crippen molar-refractivity contribution in [3.05, 3.63) is 69.3 Å². The van der Waals surface area contributed by atoms with Crippen molar-refractivity contribution >= 4 is 56.1 Å². The third-order valence-corrected chi connectivity index (χ3v) is 8.82. The van der Waals surface area contributed by atoms with Crippen LogP contribution in [0.25, 0.3) is 44.4 Å². The van der Waals surface area contributed by atoms with Crippen molar-refractivity contribution in [3.8, 4) is 0 Å². The third-order valence-electron chi connectivity index (χ3n) is 8.82. The Labute approximate surface area is 246 Å². The number of allylic oxidation sites excluding steroid dienone is 4. The standard InChI is InChI=1S/C35H40N4O3/c1-8-23-19(4)27-14-28-21(6)25(11-10-18(3)40)33(38-28)17-34-26(12-13-35(41)42)22(7)30(39-34)16-32-24(9-2)20(5)29(37-32)15-31(23)36-27/h14-17,36-37H,8-13H2,1-7H3,(H,41,42). The topological polar surface area (TPSA) is 112 Å². The molecule has 218 valence electrons.